The summed E-state index contributed by atoms with van der Waals surface area (Å²) in [5.74, 6) is 2.80. The molecule has 0 spiro atoms. The summed E-state index contributed by atoms with van der Waals surface area (Å²) in [5, 5.41) is 7.41. The van der Waals surface area contributed by atoms with E-state index in [-0.39, 0.29) is 0 Å². The van der Waals surface area contributed by atoms with Gasteiger partial charge in [0.05, 0.1) is 55.2 Å². The maximum absolute atomic E-state index is 5.54. The number of hydrogen-bond donors (Lipinski definition) is 0. The zero-order chi connectivity index (χ0) is 49.9. The third-order valence-corrected chi connectivity index (χ3v) is 20.1. The van der Waals surface area contributed by atoms with Crippen molar-refractivity contribution in [2.75, 3.05) is 0 Å². The molecule has 11 heteroatoms. The van der Waals surface area contributed by atoms with E-state index in [9.17, 15) is 0 Å². The summed E-state index contributed by atoms with van der Waals surface area (Å²) in [4.78, 5) is 27.1. The highest BCUT2D eigenvalue weighted by Crippen LogP contribution is 2.34. The minimum absolute atomic E-state index is 0.437. The number of para-hydroxylation sites is 10. The van der Waals surface area contributed by atoms with E-state index in [1.54, 1.807) is 0 Å². The van der Waals surface area contributed by atoms with Crippen LogP contribution in [0.2, 0.25) is 0 Å². The fourth-order valence-electron chi connectivity index (χ4n) is 12.1. The number of rotatable bonds is 8. The third-order valence-electron chi connectivity index (χ3n) is 15.3. The monoisotopic (exact) mass is 990 g/mol. The Bertz CT molecular complexity index is 4710. The largest absolute Gasteiger partial charge is 0.309 e. The van der Waals surface area contributed by atoms with Crippen LogP contribution >= 0.6 is 0 Å². The van der Waals surface area contributed by atoms with Crippen molar-refractivity contribution in [1.29, 1.82) is 0 Å². The van der Waals surface area contributed by atoms with Gasteiger partial charge in [-0.3, -0.25) is 8.80 Å². The lowest BCUT2D eigenvalue weighted by Crippen LogP contribution is -2.74. The number of aromatic nitrogens is 10. The van der Waals surface area contributed by atoms with Gasteiger partial charge in [0.2, 0.25) is 23.5 Å². The molecule has 356 valence electrons. The van der Waals surface area contributed by atoms with Crippen LogP contribution in [0.5, 0.6) is 0 Å². The van der Waals surface area contributed by atoms with E-state index in [1.165, 1.54) is 42.6 Å². The quantitative estimate of drug-likeness (QED) is 0.112. The predicted molar refractivity (Wildman–Crippen MR) is 309 cm³/mol. The summed E-state index contributed by atoms with van der Waals surface area (Å²) < 4.78 is 11.0. The number of hydrogen-bond acceptors (Lipinski definition) is 5. The fraction of sp³-hybridized carbons (Fsp3) is 0. The molecule has 0 aliphatic heterocycles. The highest BCUT2D eigenvalue weighted by Gasteiger charge is 2.42. The van der Waals surface area contributed by atoms with Crippen LogP contribution < -0.4 is 20.7 Å². The van der Waals surface area contributed by atoms with Gasteiger partial charge in [-0.25, -0.2) is 19.1 Å². The fourth-order valence-corrected chi connectivity index (χ4v) is 16.9. The molecular formula is C65H42N10Si. The van der Waals surface area contributed by atoms with Crippen LogP contribution in [0.25, 0.3) is 106 Å². The SMILES string of the molecule is c1ccc([Si](c2ccccc2)(c2cccc(-c3nc(-n4c5ccccc5n5c6ccccc6nc45)nc(-n4c5ccccc5n5c6ccccc6nc45)n3)c2)c2cccc(-n3c4ccccc4c4ccccc43)c2)cc1. The first-order chi connectivity index (χ1) is 37.7. The Morgan fingerprint density at radius 3 is 1.21 bits per heavy atom. The molecular weight excluding hydrogens is 949 g/mol. The van der Waals surface area contributed by atoms with Crippen LogP contribution in [0.1, 0.15) is 0 Å². The van der Waals surface area contributed by atoms with E-state index in [2.05, 4.69) is 265 Å². The van der Waals surface area contributed by atoms with Gasteiger partial charge in [-0.1, -0.05) is 182 Å². The molecule has 0 unspecified atom stereocenters. The van der Waals surface area contributed by atoms with Crippen molar-refractivity contribution in [3.63, 3.8) is 0 Å². The highest BCUT2D eigenvalue weighted by atomic mass is 28.3. The Balaban J connectivity index is 0.982. The third kappa shape index (κ3) is 6.05. The summed E-state index contributed by atoms with van der Waals surface area (Å²) >= 11 is 0. The van der Waals surface area contributed by atoms with E-state index < -0.39 is 8.07 Å². The van der Waals surface area contributed by atoms with Gasteiger partial charge in [0, 0.05) is 22.0 Å². The van der Waals surface area contributed by atoms with Crippen LogP contribution in [-0.4, -0.2) is 55.5 Å². The first-order valence-electron chi connectivity index (χ1n) is 25.5. The smallest absolute Gasteiger partial charge is 0.242 e. The van der Waals surface area contributed by atoms with Gasteiger partial charge >= 0.3 is 0 Å². The van der Waals surface area contributed by atoms with Crippen LogP contribution in [0.3, 0.4) is 0 Å². The summed E-state index contributed by atoms with van der Waals surface area (Å²) in [5.41, 5.74) is 11.9. The Hall–Kier alpha value is -10.2. The second-order valence-corrected chi connectivity index (χ2v) is 23.2. The molecule has 0 saturated heterocycles. The van der Waals surface area contributed by atoms with Crippen molar-refractivity contribution in [3.8, 4) is 29.0 Å². The molecule has 0 saturated carbocycles. The molecule has 0 aliphatic carbocycles. The Labute approximate surface area is 435 Å². The molecule has 0 N–H and O–H groups in total. The van der Waals surface area contributed by atoms with Gasteiger partial charge in [-0.15, -0.1) is 0 Å². The molecule has 0 radical (unpaired) electrons. The van der Waals surface area contributed by atoms with Crippen LogP contribution in [-0.2, 0) is 0 Å². The topological polar surface area (TPSA) is 88.1 Å². The van der Waals surface area contributed by atoms with Crippen molar-refractivity contribution in [2.45, 2.75) is 0 Å². The van der Waals surface area contributed by atoms with Gasteiger partial charge in [-0.05, 0) is 93.5 Å². The van der Waals surface area contributed by atoms with Gasteiger partial charge in [0.15, 0.2) is 13.9 Å². The van der Waals surface area contributed by atoms with E-state index >= 15 is 0 Å². The molecule has 0 aliphatic rings. The van der Waals surface area contributed by atoms with Crippen LogP contribution in [0.4, 0.5) is 0 Å². The minimum Gasteiger partial charge on any atom is -0.309 e. The number of nitrogens with zero attached hydrogens (tertiary/aromatic N) is 10. The maximum atomic E-state index is 5.54. The zero-order valence-corrected chi connectivity index (χ0v) is 41.7. The standard InChI is InChI=1S/C65H42N10Si/c1-3-23-45(24-4-1)76(46-25-5-2-6-26-46,48-28-20-22-44(42-48)71-53-33-11-7-29-49(53)50-30-8-12-34-54(50)71)47-27-19-21-43(41-47)61-68-62(74-59-39-17-15-37-57(59)72-55-35-13-9-31-51(55)66-64(72)74)70-63(69-61)75-60-40-18-16-38-58(60)73-56-36-14-10-32-52(56)67-65(73)75/h1-42H. The molecule has 10 aromatic carbocycles. The van der Waals surface area contributed by atoms with E-state index in [4.69, 9.17) is 24.9 Å². The van der Waals surface area contributed by atoms with E-state index in [0.717, 1.165) is 55.4 Å². The first kappa shape index (κ1) is 42.3. The summed E-state index contributed by atoms with van der Waals surface area (Å²) in [6, 6.07) is 91.0. The lowest BCUT2D eigenvalue weighted by atomic mass is 10.2. The average Bonchev–Trinajstić information content (AvgIpc) is 4.30. The highest BCUT2D eigenvalue weighted by molar-refractivity contribution is 7.20. The van der Waals surface area contributed by atoms with Crippen molar-refractivity contribution in [1.82, 2.24) is 47.4 Å². The van der Waals surface area contributed by atoms with E-state index in [0.29, 0.717) is 29.3 Å². The molecule has 6 aromatic heterocycles. The van der Waals surface area contributed by atoms with Gasteiger partial charge in [0.25, 0.3) is 0 Å². The number of imidazole rings is 4. The lowest BCUT2D eigenvalue weighted by Gasteiger charge is -2.35. The van der Waals surface area contributed by atoms with Gasteiger partial charge < -0.3 is 4.57 Å². The molecule has 16 aromatic rings. The van der Waals surface area contributed by atoms with Crippen molar-refractivity contribution in [2.24, 2.45) is 0 Å². The Morgan fingerprint density at radius 2 is 0.684 bits per heavy atom. The van der Waals surface area contributed by atoms with Crippen molar-refractivity contribution >= 4 is 106 Å². The molecule has 0 amide bonds. The van der Waals surface area contributed by atoms with Crippen molar-refractivity contribution < 1.29 is 0 Å². The first-order valence-corrected chi connectivity index (χ1v) is 27.5. The predicted octanol–water partition coefficient (Wildman–Crippen LogP) is 11.5. The van der Waals surface area contributed by atoms with Crippen LogP contribution in [0.15, 0.2) is 255 Å². The summed E-state index contributed by atoms with van der Waals surface area (Å²) in [6.45, 7) is 0. The van der Waals surface area contributed by atoms with E-state index in [1.807, 2.05) is 12.1 Å². The van der Waals surface area contributed by atoms with Crippen LogP contribution in [0, 0.1) is 0 Å². The summed E-state index contributed by atoms with van der Waals surface area (Å²) in [6.07, 6.45) is 0. The molecule has 76 heavy (non-hydrogen) atoms. The Morgan fingerprint density at radius 1 is 0.276 bits per heavy atom. The Kier molecular flexibility index (Phi) is 9.12. The second kappa shape index (κ2) is 16.4. The number of fused-ring (bicyclic) bond motifs is 13. The number of benzene rings is 10. The average molecular weight is 991 g/mol. The minimum atomic E-state index is -3.18. The molecule has 10 nitrogen and oxygen atoms in total. The summed E-state index contributed by atoms with van der Waals surface area (Å²) in [7, 11) is -3.18. The lowest BCUT2D eigenvalue weighted by molar-refractivity contribution is 0.877. The normalized spacial score (nSPS) is 12.2. The van der Waals surface area contributed by atoms with Gasteiger partial charge in [-0.2, -0.15) is 15.0 Å². The molecule has 0 bridgehead atoms. The molecule has 0 atom stereocenters. The van der Waals surface area contributed by atoms with Crippen molar-refractivity contribution in [3.05, 3.63) is 255 Å². The maximum Gasteiger partial charge on any atom is 0.242 e. The van der Waals surface area contributed by atoms with Gasteiger partial charge in [0.1, 0.15) is 0 Å². The molecule has 0 fully saturated rings. The molecule has 6 heterocycles. The molecule has 16 rings (SSSR count). The zero-order valence-electron chi connectivity index (χ0n) is 40.7. The second-order valence-electron chi connectivity index (χ2n) is 19.4.